The van der Waals surface area contributed by atoms with Crippen LogP contribution in [0.4, 0.5) is 0 Å². The Morgan fingerprint density at radius 2 is 2.20 bits per heavy atom. The standard InChI is InChI=1S/C12H15NO2/c1-9(5-6-10(2)12(14)15)11-4-3-7-13-8-11/h3-6,8,13H,7H2,1-2H3,(H,14,15)/b9-5+,10-6+. The molecule has 0 aromatic carbocycles. The van der Waals surface area contributed by atoms with E-state index in [9.17, 15) is 4.79 Å². The fraction of sp³-hybridized carbons (Fsp3) is 0.250. The van der Waals surface area contributed by atoms with Crippen LogP contribution in [-0.2, 0) is 4.79 Å². The predicted octanol–water partition coefficient (Wildman–Crippen LogP) is 2.01. The minimum absolute atomic E-state index is 0.336. The van der Waals surface area contributed by atoms with Crippen molar-refractivity contribution in [3.63, 3.8) is 0 Å². The zero-order valence-corrected chi connectivity index (χ0v) is 8.95. The van der Waals surface area contributed by atoms with Gasteiger partial charge in [-0.2, -0.15) is 0 Å². The Morgan fingerprint density at radius 1 is 1.47 bits per heavy atom. The molecule has 0 atom stereocenters. The molecule has 0 saturated carbocycles. The molecule has 0 spiro atoms. The first-order valence-electron chi connectivity index (χ1n) is 4.80. The maximum absolute atomic E-state index is 10.5. The summed E-state index contributed by atoms with van der Waals surface area (Å²) in [5.74, 6) is -0.884. The second-order valence-electron chi connectivity index (χ2n) is 3.41. The zero-order valence-electron chi connectivity index (χ0n) is 8.95. The first-order chi connectivity index (χ1) is 7.11. The van der Waals surface area contributed by atoms with E-state index in [0.717, 1.165) is 17.7 Å². The molecule has 0 aromatic rings. The third-order valence-corrected chi connectivity index (χ3v) is 2.17. The van der Waals surface area contributed by atoms with E-state index in [-0.39, 0.29) is 0 Å². The van der Waals surface area contributed by atoms with Crippen LogP contribution in [0.3, 0.4) is 0 Å². The first-order valence-corrected chi connectivity index (χ1v) is 4.80. The summed E-state index contributed by atoms with van der Waals surface area (Å²) < 4.78 is 0. The molecular weight excluding hydrogens is 190 g/mol. The molecule has 0 fully saturated rings. The number of allylic oxidation sites excluding steroid dienone is 5. The molecule has 1 heterocycles. The molecule has 0 radical (unpaired) electrons. The zero-order chi connectivity index (χ0) is 11.3. The molecule has 0 aromatic heterocycles. The van der Waals surface area contributed by atoms with E-state index in [2.05, 4.69) is 5.32 Å². The van der Waals surface area contributed by atoms with Gasteiger partial charge in [-0.15, -0.1) is 0 Å². The highest BCUT2D eigenvalue weighted by atomic mass is 16.4. The van der Waals surface area contributed by atoms with Gasteiger partial charge in [-0.25, -0.2) is 4.79 Å². The molecule has 3 nitrogen and oxygen atoms in total. The Kier molecular flexibility index (Phi) is 3.92. The summed E-state index contributed by atoms with van der Waals surface area (Å²) in [4.78, 5) is 10.5. The summed E-state index contributed by atoms with van der Waals surface area (Å²) in [6, 6.07) is 0. The highest BCUT2D eigenvalue weighted by Crippen LogP contribution is 2.12. The Labute approximate surface area is 89.5 Å². The highest BCUT2D eigenvalue weighted by Gasteiger charge is 2.00. The number of rotatable bonds is 3. The van der Waals surface area contributed by atoms with Crippen LogP contribution >= 0.6 is 0 Å². The summed E-state index contributed by atoms with van der Waals surface area (Å²) >= 11 is 0. The molecule has 2 N–H and O–H groups in total. The molecule has 1 aliphatic rings. The van der Waals surface area contributed by atoms with Gasteiger partial charge in [-0.1, -0.05) is 24.3 Å². The van der Waals surface area contributed by atoms with Gasteiger partial charge in [-0.05, 0) is 25.0 Å². The molecule has 15 heavy (non-hydrogen) atoms. The van der Waals surface area contributed by atoms with E-state index < -0.39 is 5.97 Å². The monoisotopic (exact) mass is 205 g/mol. The van der Waals surface area contributed by atoms with Crippen LogP contribution in [-0.4, -0.2) is 17.6 Å². The van der Waals surface area contributed by atoms with Crippen molar-refractivity contribution in [3.05, 3.63) is 47.2 Å². The maximum Gasteiger partial charge on any atom is 0.331 e. The quantitative estimate of drug-likeness (QED) is 0.547. The smallest absolute Gasteiger partial charge is 0.331 e. The lowest BCUT2D eigenvalue weighted by Crippen LogP contribution is -2.09. The van der Waals surface area contributed by atoms with Gasteiger partial charge in [0.15, 0.2) is 0 Å². The lowest BCUT2D eigenvalue weighted by molar-refractivity contribution is -0.132. The lowest BCUT2D eigenvalue weighted by atomic mass is 10.1. The molecule has 3 heteroatoms. The summed E-state index contributed by atoms with van der Waals surface area (Å²) in [5.41, 5.74) is 2.46. The van der Waals surface area contributed by atoms with Gasteiger partial charge in [0.05, 0.1) is 0 Å². The lowest BCUT2D eigenvalue weighted by Gasteiger charge is -2.08. The minimum atomic E-state index is -0.884. The van der Waals surface area contributed by atoms with Crippen molar-refractivity contribution in [2.75, 3.05) is 6.54 Å². The number of aliphatic carboxylic acids is 1. The third-order valence-electron chi connectivity index (χ3n) is 2.17. The van der Waals surface area contributed by atoms with Crippen molar-refractivity contribution < 1.29 is 9.90 Å². The maximum atomic E-state index is 10.5. The molecule has 0 saturated heterocycles. The second-order valence-corrected chi connectivity index (χ2v) is 3.41. The molecule has 1 aliphatic heterocycles. The molecular formula is C12H15NO2. The van der Waals surface area contributed by atoms with Crippen molar-refractivity contribution in [2.45, 2.75) is 13.8 Å². The Morgan fingerprint density at radius 3 is 2.73 bits per heavy atom. The Bertz CT molecular complexity index is 373. The van der Waals surface area contributed by atoms with E-state index in [0.29, 0.717) is 5.57 Å². The number of nitrogens with one attached hydrogen (secondary N) is 1. The van der Waals surface area contributed by atoms with Crippen LogP contribution in [0.5, 0.6) is 0 Å². The van der Waals surface area contributed by atoms with Crippen LogP contribution in [0.25, 0.3) is 0 Å². The predicted molar refractivity (Wildman–Crippen MR) is 60.4 cm³/mol. The molecule has 1 rings (SSSR count). The van der Waals surface area contributed by atoms with Crippen molar-refractivity contribution in [1.29, 1.82) is 0 Å². The largest absolute Gasteiger partial charge is 0.478 e. The fourth-order valence-corrected chi connectivity index (χ4v) is 1.13. The van der Waals surface area contributed by atoms with Gasteiger partial charge in [0, 0.05) is 18.3 Å². The summed E-state index contributed by atoms with van der Waals surface area (Å²) in [6.45, 7) is 4.38. The van der Waals surface area contributed by atoms with Gasteiger partial charge in [-0.3, -0.25) is 0 Å². The van der Waals surface area contributed by atoms with Crippen LogP contribution < -0.4 is 5.32 Å². The number of hydrogen-bond acceptors (Lipinski definition) is 2. The van der Waals surface area contributed by atoms with Gasteiger partial charge in [0.1, 0.15) is 0 Å². The fourth-order valence-electron chi connectivity index (χ4n) is 1.13. The normalized spacial score (nSPS) is 17.1. The van der Waals surface area contributed by atoms with Gasteiger partial charge in [0.2, 0.25) is 0 Å². The van der Waals surface area contributed by atoms with Crippen LogP contribution in [0.15, 0.2) is 47.2 Å². The van der Waals surface area contributed by atoms with Gasteiger partial charge < -0.3 is 10.4 Å². The SMILES string of the molecule is C/C(=C\C=C(/C)C1=CNCC=C1)C(=O)O. The Hall–Kier alpha value is -1.77. The average Bonchev–Trinajstić information content (AvgIpc) is 2.26. The molecule has 80 valence electrons. The van der Waals surface area contributed by atoms with Crippen LogP contribution in [0.1, 0.15) is 13.8 Å². The average molecular weight is 205 g/mol. The van der Waals surface area contributed by atoms with Crippen LogP contribution in [0, 0.1) is 0 Å². The van der Waals surface area contributed by atoms with Crippen molar-refractivity contribution in [1.82, 2.24) is 5.32 Å². The van der Waals surface area contributed by atoms with Gasteiger partial charge in [0.25, 0.3) is 0 Å². The van der Waals surface area contributed by atoms with E-state index in [1.165, 1.54) is 0 Å². The second kappa shape index (κ2) is 5.20. The summed E-state index contributed by atoms with van der Waals surface area (Å²) in [5, 5.41) is 11.8. The van der Waals surface area contributed by atoms with E-state index in [4.69, 9.17) is 5.11 Å². The van der Waals surface area contributed by atoms with Crippen molar-refractivity contribution in [2.24, 2.45) is 0 Å². The van der Waals surface area contributed by atoms with E-state index in [1.54, 1.807) is 13.0 Å². The van der Waals surface area contributed by atoms with E-state index >= 15 is 0 Å². The number of carboxylic acids is 1. The highest BCUT2D eigenvalue weighted by molar-refractivity contribution is 5.86. The minimum Gasteiger partial charge on any atom is -0.478 e. The molecule has 0 bridgehead atoms. The van der Waals surface area contributed by atoms with Crippen molar-refractivity contribution in [3.8, 4) is 0 Å². The molecule has 0 unspecified atom stereocenters. The number of hydrogen-bond donors (Lipinski definition) is 2. The number of carboxylic acid groups (broad SMARTS) is 1. The molecule has 0 amide bonds. The Balaban J connectivity index is 2.76. The topological polar surface area (TPSA) is 49.3 Å². The van der Waals surface area contributed by atoms with Crippen molar-refractivity contribution >= 4 is 5.97 Å². The van der Waals surface area contributed by atoms with Crippen LogP contribution in [0.2, 0.25) is 0 Å². The summed E-state index contributed by atoms with van der Waals surface area (Å²) in [6.07, 6.45) is 9.40. The number of carbonyl (C=O) groups is 1. The summed E-state index contributed by atoms with van der Waals surface area (Å²) in [7, 11) is 0. The third kappa shape index (κ3) is 3.46. The molecule has 0 aliphatic carbocycles. The van der Waals surface area contributed by atoms with E-state index in [1.807, 2.05) is 31.4 Å². The number of dihydropyridines is 1. The first kappa shape index (κ1) is 11.3. The van der Waals surface area contributed by atoms with Gasteiger partial charge >= 0.3 is 5.97 Å².